The maximum absolute atomic E-state index is 13.2. The third kappa shape index (κ3) is 4.76. The van der Waals surface area contributed by atoms with E-state index in [1.54, 1.807) is 29.2 Å². The van der Waals surface area contributed by atoms with Crippen LogP contribution in [0.25, 0.3) is 0 Å². The van der Waals surface area contributed by atoms with Gasteiger partial charge < -0.3 is 14.4 Å². The highest BCUT2D eigenvalue weighted by Crippen LogP contribution is 2.29. The quantitative estimate of drug-likeness (QED) is 0.668. The van der Waals surface area contributed by atoms with Crippen molar-refractivity contribution in [1.29, 1.82) is 0 Å². The van der Waals surface area contributed by atoms with Gasteiger partial charge in [-0.25, -0.2) is 0 Å². The van der Waals surface area contributed by atoms with E-state index in [2.05, 4.69) is 0 Å². The lowest BCUT2D eigenvalue weighted by Gasteiger charge is -2.31. The first-order valence-corrected chi connectivity index (χ1v) is 10.2. The zero-order valence-corrected chi connectivity index (χ0v) is 17.5. The molecule has 0 unspecified atom stereocenters. The highest BCUT2D eigenvalue weighted by molar-refractivity contribution is 6.31. The van der Waals surface area contributed by atoms with Crippen LogP contribution < -0.4 is 0 Å². The predicted molar refractivity (Wildman–Crippen MR) is 111 cm³/mol. The van der Waals surface area contributed by atoms with Gasteiger partial charge in [-0.05, 0) is 56.5 Å². The SMILES string of the molecule is CC[C@H](C)N(CC(=O)N(Cc1cccn1C)C1CC1)C(=O)c1cccc(Cl)c1. The Bertz CT molecular complexity index is 844. The fourth-order valence-electron chi connectivity index (χ4n) is 3.31. The van der Waals surface area contributed by atoms with Gasteiger partial charge in [-0.15, -0.1) is 0 Å². The van der Waals surface area contributed by atoms with Crippen molar-refractivity contribution >= 4 is 23.4 Å². The van der Waals surface area contributed by atoms with E-state index in [0.717, 1.165) is 25.0 Å². The van der Waals surface area contributed by atoms with E-state index in [-0.39, 0.29) is 30.4 Å². The molecule has 2 amide bonds. The summed E-state index contributed by atoms with van der Waals surface area (Å²) >= 11 is 6.06. The van der Waals surface area contributed by atoms with Crippen LogP contribution in [0, 0.1) is 0 Å². The fourth-order valence-corrected chi connectivity index (χ4v) is 3.50. The van der Waals surface area contributed by atoms with Crippen molar-refractivity contribution in [3.63, 3.8) is 0 Å². The van der Waals surface area contributed by atoms with Gasteiger partial charge in [-0.2, -0.15) is 0 Å². The summed E-state index contributed by atoms with van der Waals surface area (Å²) in [7, 11) is 1.99. The second-order valence-electron chi connectivity index (χ2n) is 7.56. The maximum Gasteiger partial charge on any atom is 0.254 e. The number of hydrogen-bond donors (Lipinski definition) is 0. The van der Waals surface area contributed by atoms with Crippen LogP contribution in [-0.4, -0.2) is 44.8 Å². The van der Waals surface area contributed by atoms with Gasteiger partial charge in [-0.1, -0.05) is 24.6 Å². The Hall–Kier alpha value is -2.27. The minimum Gasteiger partial charge on any atom is -0.353 e. The highest BCUT2D eigenvalue weighted by atomic mass is 35.5. The van der Waals surface area contributed by atoms with Crippen LogP contribution in [0.4, 0.5) is 0 Å². The Kier molecular flexibility index (Phi) is 6.45. The standard InChI is InChI=1S/C22H28ClN3O2/c1-4-16(2)25(22(28)17-7-5-8-18(23)13-17)15-21(27)26(19-10-11-19)14-20-9-6-12-24(20)3/h5-9,12-13,16,19H,4,10-11,14-15H2,1-3H3/t16-/m0/s1. The van der Waals surface area contributed by atoms with Gasteiger partial charge in [0.25, 0.3) is 5.91 Å². The van der Waals surface area contributed by atoms with Crippen LogP contribution in [0.5, 0.6) is 0 Å². The van der Waals surface area contributed by atoms with Crippen molar-refractivity contribution in [3.8, 4) is 0 Å². The fraction of sp³-hybridized carbons (Fsp3) is 0.455. The molecule has 0 aliphatic heterocycles. The number of benzene rings is 1. The molecule has 2 aromatic rings. The molecule has 1 heterocycles. The van der Waals surface area contributed by atoms with E-state index in [1.807, 2.05) is 48.7 Å². The predicted octanol–water partition coefficient (Wildman–Crippen LogP) is 4.11. The van der Waals surface area contributed by atoms with Crippen molar-refractivity contribution in [2.24, 2.45) is 7.05 Å². The summed E-state index contributed by atoms with van der Waals surface area (Å²) in [5.74, 6) is -0.154. The first-order chi connectivity index (χ1) is 13.4. The molecule has 150 valence electrons. The number of rotatable bonds is 8. The molecule has 1 fully saturated rings. The lowest BCUT2D eigenvalue weighted by molar-refractivity contribution is -0.133. The zero-order valence-electron chi connectivity index (χ0n) is 16.8. The van der Waals surface area contributed by atoms with E-state index < -0.39 is 0 Å². The van der Waals surface area contributed by atoms with E-state index in [9.17, 15) is 9.59 Å². The van der Waals surface area contributed by atoms with Gasteiger partial charge in [0.1, 0.15) is 6.54 Å². The number of nitrogens with zero attached hydrogens (tertiary/aromatic N) is 3. The molecule has 1 aromatic heterocycles. The second-order valence-corrected chi connectivity index (χ2v) is 8.00. The summed E-state index contributed by atoms with van der Waals surface area (Å²) in [4.78, 5) is 29.9. The van der Waals surface area contributed by atoms with Gasteiger partial charge in [-0.3, -0.25) is 9.59 Å². The summed E-state index contributed by atoms with van der Waals surface area (Å²) in [6, 6.07) is 11.2. The molecule has 0 N–H and O–H groups in total. The Balaban J connectivity index is 1.78. The van der Waals surface area contributed by atoms with Crippen molar-refractivity contribution in [3.05, 3.63) is 58.9 Å². The molecule has 1 aromatic carbocycles. The average molecular weight is 402 g/mol. The number of halogens is 1. The molecule has 0 radical (unpaired) electrons. The van der Waals surface area contributed by atoms with Gasteiger partial charge in [0.15, 0.2) is 0 Å². The van der Waals surface area contributed by atoms with Gasteiger partial charge in [0, 0.05) is 41.6 Å². The zero-order chi connectivity index (χ0) is 20.3. The van der Waals surface area contributed by atoms with E-state index >= 15 is 0 Å². The number of carbonyl (C=O) groups excluding carboxylic acids is 2. The second kappa shape index (κ2) is 8.82. The number of carbonyl (C=O) groups is 2. The molecule has 0 bridgehead atoms. The Labute approximate surface area is 171 Å². The number of hydrogen-bond acceptors (Lipinski definition) is 2. The van der Waals surface area contributed by atoms with Crippen molar-refractivity contribution in [1.82, 2.24) is 14.4 Å². The lowest BCUT2D eigenvalue weighted by atomic mass is 10.1. The molecule has 3 rings (SSSR count). The van der Waals surface area contributed by atoms with Crippen LogP contribution in [0.3, 0.4) is 0 Å². The Morgan fingerprint density at radius 2 is 2.00 bits per heavy atom. The summed E-state index contributed by atoms with van der Waals surface area (Å²) < 4.78 is 2.03. The third-order valence-corrected chi connectivity index (χ3v) is 5.69. The van der Waals surface area contributed by atoms with E-state index in [0.29, 0.717) is 17.1 Å². The number of aryl methyl sites for hydroxylation is 1. The molecule has 1 atom stereocenters. The first-order valence-electron chi connectivity index (χ1n) is 9.87. The monoisotopic (exact) mass is 401 g/mol. The van der Waals surface area contributed by atoms with E-state index in [4.69, 9.17) is 11.6 Å². The minimum atomic E-state index is -0.153. The number of amides is 2. The molecule has 1 aliphatic carbocycles. The van der Waals surface area contributed by atoms with Crippen LogP contribution in [-0.2, 0) is 18.4 Å². The average Bonchev–Trinajstić information content (AvgIpc) is 3.45. The summed E-state index contributed by atoms with van der Waals surface area (Å²) in [5.41, 5.74) is 1.61. The van der Waals surface area contributed by atoms with Gasteiger partial charge in [0.2, 0.25) is 5.91 Å². The van der Waals surface area contributed by atoms with Crippen molar-refractivity contribution < 1.29 is 9.59 Å². The molecule has 5 nitrogen and oxygen atoms in total. The van der Waals surface area contributed by atoms with Crippen LogP contribution in [0.1, 0.15) is 49.2 Å². The molecule has 6 heteroatoms. The summed E-state index contributed by atoms with van der Waals surface area (Å²) in [5, 5.41) is 0.518. The van der Waals surface area contributed by atoms with Gasteiger partial charge in [0.05, 0.1) is 6.54 Å². The smallest absolute Gasteiger partial charge is 0.254 e. The highest BCUT2D eigenvalue weighted by Gasteiger charge is 2.35. The van der Waals surface area contributed by atoms with Gasteiger partial charge >= 0.3 is 0 Å². The molecular formula is C22H28ClN3O2. The Morgan fingerprint density at radius 3 is 2.57 bits per heavy atom. The van der Waals surface area contributed by atoms with Crippen molar-refractivity contribution in [2.75, 3.05) is 6.54 Å². The molecule has 1 aliphatic rings. The van der Waals surface area contributed by atoms with Crippen LogP contribution >= 0.6 is 11.6 Å². The third-order valence-electron chi connectivity index (χ3n) is 5.45. The molecule has 0 spiro atoms. The number of aromatic nitrogens is 1. The minimum absolute atomic E-state index is 0.000576. The van der Waals surface area contributed by atoms with Crippen LogP contribution in [0.15, 0.2) is 42.6 Å². The van der Waals surface area contributed by atoms with E-state index in [1.165, 1.54) is 0 Å². The normalized spacial score (nSPS) is 14.6. The maximum atomic E-state index is 13.2. The molecule has 0 saturated heterocycles. The molecule has 1 saturated carbocycles. The molecule has 28 heavy (non-hydrogen) atoms. The first kappa shape index (κ1) is 20.5. The summed E-state index contributed by atoms with van der Waals surface area (Å²) in [6.45, 7) is 4.67. The Morgan fingerprint density at radius 1 is 1.25 bits per heavy atom. The topological polar surface area (TPSA) is 45.6 Å². The summed E-state index contributed by atoms with van der Waals surface area (Å²) in [6.07, 6.45) is 4.82. The largest absolute Gasteiger partial charge is 0.353 e. The van der Waals surface area contributed by atoms with Crippen LogP contribution in [0.2, 0.25) is 5.02 Å². The van der Waals surface area contributed by atoms with Crippen molar-refractivity contribution in [2.45, 2.75) is 51.7 Å². The lowest BCUT2D eigenvalue weighted by Crippen LogP contribution is -2.47. The molecular weight excluding hydrogens is 374 g/mol.